The molecule has 0 amide bonds. The molecule has 2 rings (SSSR count). The molecule has 0 aliphatic carbocycles. The molecule has 1 unspecified atom stereocenters. The molecule has 0 spiro atoms. The Balaban J connectivity index is 2.60. The smallest absolute Gasteiger partial charge is 0.379 e. The van der Waals surface area contributed by atoms with Gasteiger partial charge < -0.3 is 5.11 Å². The fourth-order valence-corrected chi connectivity index (χ4v) is 1.70. The summed E-state index contributed by atoms with van der Waals surface area (Å²) in [4.78, 5) is 3.78. The summed E-state index contributed by atoms with van der Waals surface area (Å²) in [5.41, 5.74) is -1.70. The lowest BCUT2D eigenvalue weighted by Gasteiger charge is -2.17. The highest BCUT2D eigenvalue weighted by Gasteiger charge is 2.43. The highest BCUT2D eigenvalue weighted by molar-refractivity contribution is 5.61. The molecule has 1 aromatic carbocycles. The van der Waals surface area contributed by atoms with Crippen LogP contribution in [0.4, 0.5) is 22.0 Å². The zero-order chi connectivity index (χ0) is 14.9. The first-order chi connectivity index (χ1) is 9.32. The molecule has 0 aliphatic rings. The van der Waals surface area contributed by atoms with E-state index in [2.05, 4.69) is 4.98 Å². The largest absolute Gasteiger partial charge is 0.418 e. The average Bonchev–Trinajstić information content (AvgIpc) is 2.38. The number of rotatable bonds is 2. The van der Waals surface area contributed by atoms with Gasteiger partial charge in [0.2, 0.25) is 0 Å². The summed E-state index contributed by atoms with van der Waals surface area (Å²) in [6.45, 7) is 0. The van der Waals surface area contributed by atoms with Crippen molar-refractivity contribution in [3.63, 3.8) is 0 Å². The SMILES string of the molecule is OC(c1c(F)ccc(-c2ccccn2)c1F)C(F)(F)F. The minimum Gasteiger partial charge on any atom is -0.379 e. The van der Waals surface area contributed by atoms with Crippen molar-refractivity contribution in [2.24, 2.45) is 0 Å². The topological polar surface area (TPSA) is 33.1 Å². The molecule has 0 saturated heterocycles. The van der Waals surface area contributed by atoms with Crippen LogP contribution in [-0.2, 0) is 0 Å². The van der Waals surface area contributed by atoms with Crippen LogP contribution in [0.25, 0.3) is 11.3 Å². The van der Waals surface area contributed by atoms with Gasteiger partial charge in [0, 0.05) is 11.8 Å². The molecule has 1 atom stereocenters. The summed E-state index contributed by atoms with van der Waals surface area (Å²) in [6.07, 6.45) is -7.08. The number of aromatic nitrogens is 1. The fourth-order valence-electron chi connectivity index (χ4n) is 1.70. The van der Waals surface area contributed by atoms with E-state index in [1.165, 1.54) is 24.4 Å². The highest BCUT2D eigenvalue weighted by atomic mass is 19.4. The lowest BCUT2D eigenvalue weighted by atomic mass is 10.0. The second kappa shape index (κ2) is 5.16. The van der Waals surface area contributed by atoms with Crippen LogP contribution in [0.3, 0.4) is 0 Å². The van der Waals surface area contributed by atoms with Crippen LogP contribution in [0.15, 0.2) is 36.5 Å². The summed E-state index contributed by atoms with van der Waals surface area (Å²) in [6, 6.07) is 6.04. The molecule has 0 aliphatic heterocycles. The number of benzene rings is 1. The number of hydrogen-bond donors (Lipinski definition) is 1. The molecule has 0 bridgehead atoms. The molecular weight excluding hydrogens is 281 g/mol. The average molecular weight is 289 g/mol. The third kappa shape index (κ3) is 2.62. The monoisotopic (exact) mass is 289 g/mol. The Kier molecular flexibility index (Phi) is 3.71. The van der Waals surface area contributed by atoms with Crippen molar-refractivity contribution in [1.82, 2.24) is 4.98 Å². The van der Waals surface area contributed by atoms with Gasteiger partial charge in [-0.3, -0.25) is 4.98 Å². The number of hydrogen-bond acceptors (Lipinski definition) is 2. The van der Waals surface area contributed by atoms with E-state index in [0.29, 0.717) is 6.07 Å². The van der Waals surface area contributed by atoms with Gasteiger partial charge >= 0.3 is 6.18 Å². The van der Waals surface area contributed by atoms with E-state index in [0.717, 1.165) is 6.07 Å². The van der Waals surface area contributed by atoms with Crippen molar-refractivity contribution < 1.29 is 27.1 Å². The van der Waals surface area contributed by atoms with Crippen LogP contribution in [0, 0.1) is 11.6 Å². The molecule has 0 fully saturated rings. The van der Waals surface area contributed by atoms with Gasteiger partial charge in [0.1, 0.15) is 11.6 Å². The van der Waals surface area contributed by atoms with Gasteiger partial charge in [-0.1, -0.05) is 6.07 Å². The highest BCUT2D eigenvalue weighted by Crippen LogP contribution is 2.37. The van der Waals surface area contributed by atoms with E-state index < -0.39 is 29.5 Å². The number of pyridine rings is 1. The predicted molar refractivity (Wildman–Crippen MR) is 60.6 cm³/mol. The van der Waals surface area contributed by atoms with Gasteiger partial charge in [-0.15, -0.1) is 0 Å². The summed E-state index contributed by atoms with van der Waals surface area (Å²) < 4.78 is 64.8. The molecule has 0 saturated carbocycles. The maximum absolute atomic E-state index is 14.1. The molecule has 7 heteroatoms. The Morgan fingerprint density at radius 1 is 1.05 bits per heavy atom. The lowest BCUT2D eigenvalue weighted by molar-refractivity contribution is -0.208. The van der Waals surface area contributed by atoms with Crippen molar-refractivity contribution in [3.8, 4) is 11.3 Å². The first-order valence-electron chi connectivity index (χ1n) is 5.46. The second-order valence-corrected chi connectivity index (χ2v) is 3.98. The van der Waals surface area contributed by atoms with Crippen molar-refractivity contribution >= 4 is 0 Å². The lowest BCUT2D eigenvalue weighted by Crippen LogP contribution is -2.22. The van der Waals surface area contributed by atoms with E-state index in [1.807, 2.05) is 0 Å². The molecule has 1 aromatic heterocycles. The third-order valence-electron chi connectivity index (χ3n) is 2.65. The summed E-state index contributed by atoms with van der Waals surface area (Å²) in [5.74, 6) is -2.94. The zero-order valence-corrected chi connectivity index (χ0v) is 9.83. The minimum atomic E-state index is -5.16. The van der Waals surface area contributed by atoms with E-state index in [9.17, 15) is 22.0 Å². The van der Waals surface area contributed by atoms with Crippen molar-refractivity contribution in [2.75, 3.05) is 0 Å². The van der Waals surface area contributed by atoms with Crippen LogP contribution in [0.1, 0.15) is 11.7 Å². The Morgan fingerprint density at radius 2 is 1.75 bits per heavy atom. The maximum atomic E-state index is 14.1. The maximum Gasteiger partial charge on any atom is 0.418 e. The zero-order valence-electron chi connectivity index (χ0n) is 9.83. The fraction of sp³-hybridized carbons (Fsp3) is 0.154. The number of halogens is 5. The standard InChI is InChI=1S/C13H8F5NO/c14-8-5-4-7(9-3-1-2-6-19-9)11(15)10(8)12(20)13(16,17)18/h1-6,12,20H. The van der Waals surface area contributed by atoms with Crippen LogP contribution >= 0.6 is 0 Å². The van der Waals surface area contributed by atoms with E-state index in [1.54, 1.807) is 0 Å². The quantitative estimate of drug-likeness (QED) is 0.856. The van der Waals surface area contributed by atoms with Crippen molar-refractivity contribution in [2.45, 2.75) is 12.3 Å². The third-order valence-corrected chi connectivity index (χ3v) is 2.65. The molecule has 1 N–H and O–H groups in total. The molecule has 2 nitrogen and oxygen atoms in total. The van der Waals surface area contributed by atoms with Crippen LogP contribution in [0.5, 0.6) is 0 Å². The molecule has 20 heavy (non-hydrogen) atoms. The summed E-state index contributed by atoms with van der Waals surface area (Å²) in [5, 5.41) is 9.06. The number of aliphatic hydroxyl groups excluding tert-OH is 1. The van der Waals surface area contributed by atoms with Gasteiger partial charge in [0.25, 0.3) is 0 Å². The Bertz CT molecular complexity index is 612. The first kappa shape index (κ1) is 14.4. The van der Waals surface area contributed by atoms with Gasteiger partial charge in [0.15, 0.2) is 6.10 Å². The van der Waals surface area contributed by atoms with E-state index >= 15 is 0 Å². The Labute approximate surface area is 110 Å². The van der Waals surface area contributed by atoms with E-state index in [4.69, 9.17) is 5.11 Å². The number of nitrogens with zero attached hydrogens (tertiary/aromatic N) is 1. The Morgan fingerprint density at radius 3 is 2.30 bits per heavy atom. The Hall–Kier alpha value is -2.02. The molecule has 106 valence electrons. The second-order valence-electron chi connectivity index (χ2n) is 3.98. The minimum absolute atomic E-state index is 0.0422. The molecule has 0 radical (unpaired) electrons. The molecular formula is C13H8F5NO. The van der Waals surface area contributed by atoms with Crippen molar-refractivity contribution in [3.05, 3.63) is 53.7 Å². The first-order valence-corrected chi connectivity index (χ1v) is 5.46. The number of aliphatic hydroxyl groups is 1. The predicted octanol–water partition coefficient (Wildman–Crippen LogP) is 3.62. The van der Waals surface area contributed by atoms with E-state index in [-0.39, 0.29) is 11.3 Å². The normalized spacial score (nSPS) is 13.3. The van der Waals surface area contributed by atoms with Crippen LogP contribution < -0.4 is 0 Å². The van der Waals surface area contributed by atoms with Gasteiger partial charge in [0.05, 0.1) is 11.3 Å². The van der Waals surface area contributed by atoms with Gasteiger partial charge in [-0.25, -0.2) is 8.78 Å². The molecule has 1 heterocycles. The number of alkyl halides is 3. The summed E-state index contributed by atoms with van der Waals surface area (Å²) >= 11 is 0. The van der Waals surface area contributed by atoms with Crippen LogP contribution in [0.2, 0.25) is 0 Å². The van der Waals surface area contributed by atoms with Gasteiger partial charge in [-0.05, 0) is 24.3 Å². The van der Waals surface area contributed by atoms with Gasteiger partial charge in [-0.2, -0.15) is 13.2 Å². The molecule has 2 aromatic rings. The van der Waals surface area contributed by atoms with Crippen LogP contribution in [-0.4, -0.2) is 16.3 Å². The summed E-state index contributed by atoms with van der Waals surface area (Å²) in [7, 11) is 0. The van der Waals surface area contributed by atoms with Crippen molar-refractivity contribution in [1.29, 1.82) is 0 Å².